The van der Waals surface area contributed by atoms with Crippen LogP contribution in [-0.2, 0) is 0 Å². The Hall–Kier alpha value is -3.47. The smallest absolute Gasteiger partial charge is 0.343 e. The van der Waals surface area contributed by atoms with E-state index in [-0.39, 0.29) is 5.75 Å². The van der Waals surface area contributed by atoms with Crippen molar-refractivity contribution in [3.63, 3.8) is 0 Å². The van der Waals surface area contributed by atoms with Gasteiger partial charge >= 0.3 is 5.97 Å². The van der Waals surface area contributed by atoms with Crippen molar-refractivity contribution in [3.8, 4) is 11.5 Å². The molecule has 0 aliphatic heterocycles. The molecule has 4 nitrogen and oxygen atoms in total. The summed E-state index contributed by atoms with van der Waals surface area (Å²) >= 11 is 0. The van der Waals surface area contributed by atoms with E-state index in [4.69, 9.17) is 9.47 Å². The lowest BCUT2D eigenvalue weighted by Crippen LogP contribution is -2.08. The van der Waals surface area contributed by atoms with Crippen LogP contribution in [0, 0.1) is 5.82 Å². The Labute approximate surface area is 176 Å². The van der Waals surface area contributed by atoms with Crippen LogP contribution < -0.4 is 9.47 Å². The van der Waals surface area contributed by atoms with Gasteiger partial charge in [-0.15, -0.1) is 0 Å². The van der Waals surface area contributed by atoms with Crippen LogP contribution in [0.3, 0.4) is 0 Å². The van der Waals surface area contributed by atoms with Crippen LogP contribution in [0.15, 0.2) is 77.8 Å². The van der Waals surface area contributed by atoms with Crippen molar-refractivity contribution in [2.45, 2.75) is 26.2 Å². The molecule has 0 spiro atoms. The summed E-state index contributed by atoms with van der Waals surface area (Å²) in [4.78, 5) is 16.6. The molecule has 0 aliphatic carbocycles. The first-order valence-electron chi connectivity index (χ1n) is 9.99. The van der Waals surface area contributed by atoms with Crippen LogP contribution >= 0.6 is 0 Å². The third-order valence-corrected chi connectivity index (χ3v) is 4.37. The van der Waals surface area contributed by atoms with Gasteiger partial charge in [0.1, 0.15) is 17.3 Å². The maximum absolute atomic E-state index is 13.2. The van der Waals surface area contributed by atoms with Crippen molar-refractivity contribution >= 4 is 17.9 Å². The number of halogens is 1. The Morgan fingerprint density at radius 2 is 1.73 bits per heavy atom. The summed E-state index contributed by atoms with van der Waals surface area (Å²) in [6.45, 7) is 2.90. The molecule has 30 heavy (non-hydrogen) atoms. The standard InChI is InChI=1S/C25H24FNO3/c1-2-3-4-16-29-23-14-8-19(9-15-23)18-27-22-12-10-20(11-13-22)25(28)30-24-7-5-6-21(26)17-24/h5-15,17-18H,2-4,16H2,1H3. The van der Waals surface area contributed by atoms with Crippen LogP contribution in [0.4, 0.5) is 10.1 Å². The molecule has 0 heterocycles. The van der Waals surface area contributed by atoms with Crippen LogP contribution in [0.1, 0.15) is 42.1 Å². The molecular weight excluding hydrogens is 381 g/mol. The zero-order valence-corrected chi connectivity index (χ0v) is 16.9. The third-order valence-electron chi connectivity index (χ3n) is 4.37. The monoisotopic (exact) mass is 405 g/mol. The van der Waals surface area contributed by atoms with Crippen LogP contribution in [0.2, 0.25) is 0 Å². The molecule has 0 saturated carbocycles. The second kappa shape index (κ2) is 10.9. The van der Waals surface area contributed by atoms with Crippen molar-refractivity contribution < 1.29 is 18.7 Å². The van der Waals surface area contributed by atoms with Crippen molar-refractivity contribution in [3.05, 3.63) is 89.7 Å². The molecule has 3 aromatic rings. The average molecular weight is 405 g/mol. The van der Waals surface area contributed by atoms with Crippen molar-refractivity contribution in [1.82, 2.24) is 0 Å². The number of esters is 1. The number of nitrogens with zero attached hydrogens (tertiary/aromatic N) is 1. The largest absolute Gasteiger partial charge is 0.494 e. The van der Waals surface area contributed by atoms with Gasteiger partial charge in [-0.1, -0.05) is 25.8 Å². The number of ether oxygens (including phenoxy) is 2. The van der Waals surface area contributed by atoms with Gasteiger partial charge in [-0.3, -0.25) is 4.99 Å². The van der Waals surface area contributed by atoms with Gasteiger partial charge in [-0.25, -0.2) is 9.18 Å². The molecule has 0 aliphatic rings. The molecule has 0 N–H and O–H groups in total. The Bertz CT molecular complexity index is 982. The normalized spacial score (nSPS) is 10.9. The maximum atomic E-state index is 13.2. The van der Waals surface area contributed by atoms with E-state index >= 15 is 0 Å². The van der Waals surface area contributed by atoms with Gasteiger partial charge in [0, 0.05) is 12.3 Å². The van der Waals surface area contributed by atoms with E-state index in [1.165, 1.54) is 31.0 Å². The van der Waals surface area contributed by atoms with Gasteiger partial charge in [-0.05, 0) is 72.6 Å². The second-order valence-electron chi connectivity index (χ2n) is 6.78. The fourth-order valence-electron chi connectivity index (χ4n) is 2.72. The number of rotatable bonds is 9. The molecule has 154 valence electrons. The van der Waals surface area contributed by atoms with E-state index in [1.807, 2.05) is 24.3 Å². The lowest BCUT2D eigenvalue weighted by atomic mass is 10.2. The summed E-state index contributed by atoms with van der Waals surface area (Å²) in [5.41, 5.74) is 2.02. The Balaban J connectivity index is 1.54. The lowest BCUT2D eigenvalue weighted by Gasteiger charge is -2.05. The molecule has 3 rings (SSSR count). The van der Waals surface area contributed by atoms with E-state index in [0.717, 1.165) is 30.4 Å². The van der Waals surface area contributed by atoms with Gasteiger partial charge < -0.3 is 9.47 Å². The molecule has 0 atom stereocenters. The van der Waals surface area contributed by atoms with Gasteiger partial charge in [0.25, 0.3) is 0 Å². The molecule has 0 unspecified atom stereocenters. The number of carbonyl (C=O) groups excluding carboxylic acids is 1. The minimum atomic E-state index is -0.550. The number of hydrogen-bond donors (Lipinski definition) is 0. The summed E-state index contributed by atoms with van der Waals surface area (Å²) in [6.07, 6.45) is 5.16. The van der Waals surface area contributed by atoms with Crippen molar-refractivity contribution in [2.24, 2.45) is 4.99 Å². The summed E-state index contributed by atoms with van der Waals surface area (Å²) < 4.78 is 24.1. The summed E-state index contributed by atoms with van der Waals surface area (Å²) in [6, 6.07) is 19.9. The summed E-state index contributed by atoms with van der Waals surface area (Å²) in [7, 11) is 0. The predicted molar refractivity (Wildman–Crippen MR) is 117 cm³/mol. The van der Waals surface area contributed by atoms with Crippen LogP contribution in [0.25, 0.3) is 0 Å². The number of unbranched alkanes of at least 4 members (excludes halogenated alkanes) is 2. The van der Waals surface area contributed by atoms with E-state index in [1.54, 1.807) is 30.5 Å². The highest BCUT2D eigenvalue weighted by atomic mass is 19.1. The number of benzene rings is 3. The fourth-order valence-corrected chi connectivity index (χ4v) is 2.72. The van der Waals surface area contributed by atoms with E-state index < -0.39 is 11.8 Å². The first-order valence-corrected chi connectivity index (χ1v) is 9.99. The van der Waals surface area contributed by atoms with Gasteiger partial charge in [-0.2, -0.15) is 0 Å². The van der Waals surface area contributed by atoms with Gasteiger partial charge in [0.15, 0.2) is 0 Å². The van der Waals surface area contributed by atoms with E-state index in [2.05, 4.69) is 11.9 Å². The first kappa shape index (κ1) is 21.2. The number of hydrogen-bond acceptors (Lipinski definition) is 4. The highest BCUT2D eigenvalue weighted by molar-refractivity contribution is 5.91. The third kappa shape index (κ3) is 6.55. The zero-order valence-electron chi connectivity index (χ0n) is 16.9. The predicted octanol–water partition coefficient (Wildman–Crippen LogP) is 6.36. The number of carbonyl (C=O) groups is 1. The molecule has 0 aromatic heterocycles. The molecular formula is C25H24FNO3. The van der Waals surface area contributed by atoms with E-state index in [0.29, 0.717) is 11.3 Å². The highest BCUT2D eigenvalue weighted by Crippen LogP contribution is 2.18. The average Bonchev–Trinajstić information content (AvgIpc) is 2.76. The first-order chi connectivity index (χ1) is 14.6. The molecule has 3 aromatic carbocycles. The second-order valence-corrected chi connectivity index (χ2v) is 6.78. The van der Waals surface area contributed by atoms with E-state index in [9.17, 15) is 9.18 Å². The van der Waals surface area contributed by atoms with Crippen molar-refractivity contribution in [1.29, 1.82) is 0 Å². The fraction of sp³-hybridized carbons (Fsp3) is 0.200. The Morgan fingerprint density at radius 3 is 2.43 bits per heavy atom. The SMILES string of the molecule is CCCCCOc1ccc(C=Nc2ccc(C(=O)Oc3cccc(F)c3)cc2)cc1. The minimum Gasteiger partial charge on any atom is -0.494 e. The molecule has 0 saturated heterocycles. The lowest BCUT2D eigenvalue weighted by molar-refractivity contribution is 0.0734. The van der Waals surface area contributed by atoms with Crippen LogP contribution in [0.5, 0.6) is 11.5 Å². The Kier molecular flexibility index (Phi) is 7.72. The van der Waals surface area contributed by atoms with Gasteiger partial charge in [0.2, 0.25) is 0 Å². The van der Waals surface area contributed by atoms with Crippen LogP contribution in [-0.4, -0.2) is 18.8 Å². The molecule has 0 amide bonds. The van der Waals surface area contributed by atoms with Crippen molar-refractivity contribution in [2.75, 3.05) is 6.61 Å². The molecule has 0 fully saturated rings. The minimum absolute atomic E-state index is 0.167. The molecule has 0 radical (unpaired) electrons. The topological polar surface area (TPSA) is 47.9 Å². The quantitative estimate of drug-likeness (QED) is 0.180. The number of aliphatic imine (C=N–C) groups is 1. The maximum Gasteiger partial charge on any atom is 0.343 e. The Morgan fingerprint density at radius 1 is 0.967 bits per heavy atom. The highest BCUT2D eigenvalue weighted by Gasteiger charge is 2.08. The zero-order chi connectivity index (χ0) is 21.2. The molecule has 5 heteroatoms. The summed E-state index contributed by atoms with van der Waals surface area (Å²) in [5.74, 6) is 0.0102. The molecule has 0 bridgehead atoms. The van der Waals surface area contributed by atoms with Gasteiger partial charge in [0.05, 0.1) is 17.9 Å². The summed E-state index contributed by atoms with van der Waals surface area (Å²) in [5, 5.41) is 0.